The highest BCUT2D eigenvalue weighted by Crippen LogP contribution is 2.26. The average Bonchev–Trinajstić information content (AvgIpc) is 2.57. The van der Waals surface area contributed by atoms with Crippen molar-refractivity contribution in [2.24, 2.45) is 5.92 Å². The molecule has 0 unspecified atom stereocenters. The van der Waals surface area contributed by atoms with E-state index in [0.717, 1.165) is 43.6 Å². The number of amides is 1. The van der Waals surface area contributed by atoms with E-state index in [2.05, 4.69) is 29.4 Å². The predicted octanol–water partition coefficient (Wildman–Crippen LogP) is 2.53. The van der Waals surface area contributed by atoms with Gasteiger partial charge in [0, 0.05) is 18.5 Å². The molecule has 4 nitrogen and oxygen atoms in total. The summed E-state index contributed by atoms with van der Waals surface area (Å²) < 4.78 is 14.6. The lowest BCUT2D eigenvalue weighted by Crippen LogP contribution is -2.41. The van der Waals surface area contributed by atoms with Crippen molar-refractivity contribution in [1.29, 1.82) is 0 Å². The molecule has 1 aromatic rings. The van der Waals surface area contributed by atoms with Gasteiger partial charge in [-0.05, 0) is 69.9 Å². The van der Waals surface area contributed by atoms with Crippen molar-refractivity contribution in [3.8, 4) is 0 Å². The molecule has 0 bridgehead atoms. The summed E-state index contributed by atoms with van der Waals surface area (Å²) in [5, 5.41) is 6.06. The minimum atomic E-state index is -0.253. The summed E-state index contributed by atoms with van der Waals surface area (Å²) in [5.74, 6) is -0.305. The molecule has 0 aliphatic carbocycles. The second kappa shape index (κ2) is 6.97. The number of fused-ring (bicyclic) bond motifs is 1. The molecule has 2 heterocycles. The molecule has 5 heteroatoms. The summed E-state index contributed by atoms with van der Waals surface area (Å²) in [6, 6.07) is 4.13. The van der Waals surface area contributed by atoms with Crippen LogP contribution < -0.4 is 10.6 Å². The minimum Gasteiger partial charge on any atom is -0.323 e. The van der Waals surface area contributed by atoms with Crippen LogP contribution in [0.5, 0.6) is 0 Å². The molecule has 126 valence electrons. The zero-order valence-electron chi connectivity index (χ0n) is 14.0. The molecule has 0 atom stereocenters. The molecule has 1 aromatic carbocycles. The Morgan fingerprint density at radius 1 is 1.35 bits per heavy atom. The zero-order valence-corrected chi connectivity index (χ0v) is 14.0. The van der Waals surface area contributed by atoms with Crippen LogP contribution in [0.1, 0.15) is 37.8 Å². The van der Waals surface area contributed by atoms with Gasteiger partial charge < -0.3 is 15.5 Å². The number of nitrogens with one attached hydrogen (secondary N) is 2. The van der Waals surface area contributed by atoms with Crippen molar-refractivity contribution in [2.75, 3.05) is 25.0 Å². The summed E-state index contributed by atoms with van der Waals surface area (Å²) in [7, 11) is 0. The predicted molar refractivity (Wildman–Crippen MR) is 89.9 cm³/mol. The Bertz CT molecular complexity index is 580. The number of rotatable bonds is 3. The maximum atomic E-state index is 14.6. The van der Waals surface area contributed by atoms with Gasteiger partial charge in [0.2, 0.25) is 5.91 Å². The van der Waals surface area contributed by atoms with Gasteiger partial charge in [0.25, 0.3) is 0 Å². The Kier molecular flexibility index (Phi) is 4.97. The van der Waals surface area contributed by atoms with Gasteiger partial charge in [-0.3, -0.25) is 4.79 Å². The number of piperidine rings is 1. The van der Waals surface area contributed by atoms with Crippen LogP contribution in [-0.2, 0) is 17.8 Å². The lowest BCUT2D eigenvalue weighted by Gasteiger charge is -2.34. The Hall–Kier alpha value is -1.46. The topological polar surface area (TPSA) is 44.4 Å². The number of anilines is 1. The number of nitrogens with zero attached hydrogens (tertiary/aromatic N) is 1. The summed E-state index contributed by atoms with van der Waals surface area (Å²) in [6.07, 6.45) is 2.37. The van der Waals surface area contributed by atoms with Crippen LogP contribution in [0.25, 0.3) is 0 Å². The zero-order chi connectivity index (χ0) is 16.4. The maximum Gasteiger partial charge on any atom is 0.227 e. The molecular weight excluding hydrogens is 293 g/mol. The second-order valence-electron chi connectivity index (χ2n) is 6.88. The van der Waals surface area contributed by atoms with E-state index < -0.39 is 0 Å². The third-order valence-electron chi connectivity index (χ3n) is 5.10. The molecule has 2 aliphatic heterocycles. The van der Waals surface area contributed by atoms with E-state index in [1.165, 1.54) is 0 Å². The lowest BCUT2D eigenvalue weighted by molar-refractivity contribution is -0.121. The Labute approximate surface area is 137 Å². The molecule has 0 spiro atoms. The van der Waals surface area contributed by atoms with E-state index in [0.29, 0.717) is 24.7 Å². The number of carbonyl (C=O) groups excluding carboxylic acids is 1. The first kappa shape index (κ1) is 16.4. The molecule has 23 heavy (non-hydrogen) atoms. The SMILES string of the molecule is CC(C)N1CCC(C(=O)Nc2ccc3c(c2F)CCNC3)CC1. The number of likely N-dealkylation sites (tertiary alicyclic amines) is 1. The van der Waals surface area contributed by atoms with Gasteiger partial charge in [-0.25, -0.2) is 4.39 Å². The van der Waals surface area contributed by atoms with Crippen LogP contribution in [0.4, 0.5) is 10.1 Å². The largest absolute Gasteiger partial charge is 0.323 e. The van der Waals surface area contributed by atoms with Crippen LogP contribution >= 0.6 is 0 Å². The van der Waals surface area contributed by atoms with Gasteiger partial charge in [-0.1, -0.05) is 6.07 Å². The normalized spacial score (nSPS) is 19.7. The van der Waals surface area contributed by atoms with Crippen LogP contribution in [0, 0.1) is 11.7 Å². The quantitative estimate of drug-likeness (QED) is 0.900. The van der Waals surface area contributed by atoms with E-state index in [1.807, 2.05) is 6.07 Å². The fourth-order valence-electron chi connectivity index (χ4n) is 3.54. The minimum absolute atomic E-state index is 0.0119. The molecule has 0 aromatic heterocycles. The number of benzene rings is 1. The second-order valence-corrected chi connectivity index (χ2v) is 6.88. The van der Waals surface area contributed by atoms with E-state index in [-0.39, 0.29) is 17.6 Å². The van der Waals surface area contributed by atoms with Gasteiger partial charge >= 0.3 is 0 Å². The molecular formula is C18H26FN3O. The average molecular weight is 319 g/mol. The van der Waals surface area contributed by atoms with Gasteiger partial charge in [0.1, 0.15) is 5.82 Å². The Morgan fingerprint density at radius 3 is 2.78 bits per heavy atom. The van der Waals surface area contributed by atoms with Crippen LogP contribution in [0.3, 0.4) is 0 Å². The van der Waals surface area contributed by atoms with Gasteiger partial charge in [0.15, 0.2) is 0 Å². The van der Waals surface area contributed by atoms with Crippen LogP contribution in [0.15, 0.2) is 12.1 Å². The van der Waals surface area contributed by atoms with Crippen molar-refractivity contribution >= 4 is 11.6 Å². The monoisotopic (exact) mass is 319 g/mol. The molecule has 1 amide bonds. The van der Waals surface area contributed by atoms with Gasteiger partial charge in [0.05, 0.1) is 5.69 Å². The van der Waals surface area contributed by atoms with E-state index in [9.17, 15) is 9.18 Å². The Balaban J connectivity index is 1.65. The smallest absolute Gasteiger partial charge is 0.227 e. The number of hydrogen-bond donors (Lipinski definition) is 2. The van der Waals surface area contributed by atoms with Crippen molar-refractivity contribution in [2.45, 2.75) is 45.7 Å². The maximum absolute atomic E-state index is 14.6. The van der Waals surface area contributed by atoms with Crippen molar-refractivity contribution < 1.29 is 9.18 Å². The highest BCUT2D eigenvalue weighted by molar-refractivity contribution is 5.92. The number of carbonyl (C=O) groups is 1. The highest BCUT2D eigenvalue weighted by Gasteiger charge is 2.27. The van der Waals surface area contributed by atoms with Crippen molar-refractivity contribution in [1.82, 2.24) is 10.2 Å². The van der Waals surface area contributed by atoms with Crippen molar-refractivity contribution in [3.05, 3.63) is 29.1 Å². The first-order chi connectivity index (χ1) is 11.1. The fourth-order valence-corrected chi connectivity index (χ4v) is 3.54. The van der Waals surface area contributed by atoms with Gasteiger partial charge in [-0.15, -0.1) is 0 Å². The first-order valence-electron chi connectivity index (χ1n) is 8.62. The van der Waals surface area contributed by atoms with E-state index in [1.54, 1.807) is 6.07 Å². The summed E-state index contributed by atoms with van der Waals surface area (Å²) in [6.45, 7) is 7.72. The summed E-state index contributed by atoms with van der Waals surface area (Å²) >= 11 is 0. The third-order valence-corrected chi connectivity index (χ3v) is 5.10. The van der Waals surface area contributed by atoms with Crippen LogP contribution in [0.2, 0.25) is 0 Å². The summed E-state index contributed by atoms with van der Waals surface area (Å²) in [4.78, 5) is 14.8. The standard InChI is InChI=1S/C18H26FN3O/c1-12(2)22-9-6-13(7-10-22)18(23)21-16-4-3-14-11-20-8-5-15(14)17(16)19/h3-4,12-13,20H,5-11H2,1-2H3,(H,21,23). The first-order valence-corrected chi connectivity index (χ1v) is 8.62. The third kappa shape index (κ3) is 3.56. The highest BCUT2D eigenvalue weighted by atomic mass is 19.1. The molecule has 1 fully saturated rings. The fraction of sp³-hybridized carbons (Fsp3) is 0.611. The van der Waals surface area contributed by atoms with E-state index >= 15 is 0 Å². The molecule has 0 saturated carbocycles. The molecule has 0 radical (unpaired) electrons. The van der Waals surface area contributed by atoms with Crippen molar-refractivity contribution in [3.63, 3.8) is 0 Å². The Morgan fingerprint density at radius 2 is 2.09 bits per heavy atom. The van der Waals surface area contributed by atoms with E-state index in [4.69, 9.17) is 0 Å². The lowest BCUT2D eigenvalue weighted by atomic mass is 9.94. The number of hydrogen-bond acceptors (Lipinski definition) is 3. The van der Waals surface area contributed by atoms with Gasteiger partial charge in [-0.2, -0.15) is 0 Å². The molecule has 2 N–H and O–H groups in total. The molecule has 2 aliphatic rings. The number of halogens is 1. The summed E-state index contributed by atoms with van der Waals surface area (Å²) in [5.41, 5.74) is 2.08. The van der Waals surface area contributed by atoms with Crippen LogP contribution in [-0.4, -0.2) is 36.5 Å². The molecule has 3 rings (SSSR count). The molecule has 1 saturated heterocycles.